The molecule has 1 unspecified atom stereocenters. The van der Waals surface area contributed by atoms with Gasteiger partial charge in [-0.05, 0) is 12.5 Å². The highest BCUT2D eigenvalue weighted by molar-refractivity contribution is 6.00. The summed E-state index contributed by atoms with van der Waals surface area (Å²) in [7, 11) is 1.57. The van der Waals surface area contributed by atoms with Crippen LogP contribution in [0.4, 0.5) is 17.2 Å². The summed E-state index contributed by atoms with van der Waals surface area (Å²) in [6.45, 7) is 1.19. The SMILES string of the molecule is COc1c(Nc2cc(NC=O)ncc2C(N)=O)cccc1-c1cnn(C2CCC23OCCO3)c1. The maximum Gasteiger partial charge on any atom is 0.252 e. The largest absolute Gasteiger partial charge is 0.494 e. The Bertz CT molecular complexity index is 1240. The number of benzene rings is 1. The molecule has 3 heterocycles. The quantitative estimate of drug-likeness (QED) is 0.432. The molecule has 2 fully saturated rings. The van der Waals surface area contributed by atoms with E-state index >= 15 is 0 Å². The van der Waals surface area contributed by atoms with E-state index in [2.05, 4.69) is 20.7 Å². The van der Waals surface area contributed by atoms with Crippen molar-refractivity contribution in [3.8, 4) is 16.9 Å². The fourth-order valence-corrected chi connectivity index (χ4v) is 4.42. The predicted octanol–water partition coefficient (Wildman–Crippen LogP) is 2.44. The lowest BCUT2D eigenvalue weighted by molar-refractivity contribution is -0.242. The Morgan fingerprint density at radius 1 is 1.29 bits per heavy atom. The number of methoxy groups -OCH3 is 1. The Balaban J connectivity index is 1.47. The van der Waals surface area contributed by atoms with E-state index in [0.717, 1.165) is 24.0 Å². The van der Waals surface area contributed by atoms with Gasteiger partial charge < -0.3 is 30.6 Å². The van der Waals surface area contributed by atoms with E-state index in [4.69, 9.17) is 19.9 Å². The molecule has 2 amide bonds. The fraction of sp³-hybridized carbons (Fsp3) is 0.304. The van der Waals surface area contributed by atoms with E-state index in [0.29, 0.717) is 36.7 Å². The Labute approximate surface area is 195 Å². The number of pyridine rings is 1. The molecule has 2 aliphatic rings. The van der Waals surface area contributed by atoms with Gasteiger partial charge in [-0.25, -0.2) is 4.98 Å². The van der Waals surface area contributed by atoms with Crippen LogP contribution >= 0.6 is 0 Å². The van der Waals surface area contributed by atoms with Gasteiger partial charge in [-0.15, -0.1) is 0 Å². The average molecular weight is 464 g/mol. The molecule has 1 aliphatic carbocycles. The van der Waals surface area contributed by atoms with Crippen molar-refractivity contribution in [1.82, 2.24) is 14.8 Å². The van der Waals surface area contributed by atoms with Crippen LogP contribution < -0.4 is 21.1 Å². The number of carbonyl (C=O) groups is 2. The molecule has 4 N–H and O–H groups in total. The first-order valence-electron chi connectivity index (χ1n) is 10.8. The zero-order chi connectivity index (χ0) is 23.7. The van der Waals surface area contributed by atoms with Crippen LogP contribution in [0.1, 0.15) is 29.2 Å². The van der Waals surface area contributed by atoms with E-state index in [1.165, 1.54) is 12.3 Å². The van der Waals surface area contributed by atoms with Crippen LogP contribution in [0, 0.1) is 0 Å². The zero-order valence-electron chi connectivity index (χ0n) is 18.5. The van der Waals surface area contributed by atoms with Gasteiger partial charge in [-0.3, -0.25) is 14.3 Å². The number of rotatable bonds is 8. The number of para-hydroxylation sites is 1. The fourth-order valence-electron chi connectivity index (χ4n) is 4.42. The first-order chi connectivity index (χ1) is 16.5. The molecule has 1 saturated carbocycles. The van der Waals surface area contributed by atoms with Gasteiger partial charge in [0.05, 0.1) is 43.5 Å². The molecule has 1 saturated heterocycles. The molecule has 11 nitrogen and oxygen atoms in total. The van der Waals surface area contributed by atoms with Crippen molar-refractivity contribution in [1.29, 1.82) is 0 Å². The van der Waals surface area contributed by atoms with E-state index < -0.39 is 11.7 Å². The van der Waals surface area contributed by atoms with Crippen molar-refractivity contribution in [3.63, 3.8) is 0 Å². The van der Waals surface area contributed by atoms with Crippen molar-refractivity contribution in [3.05, 3.63) is 48.4 Å². The molecule has 11 heteroatoms. The van der Waals surface area contributed by atoms with Crippen molar-refractivity contribution in [2.45, 2.75) is 24.7 Å². The second-order valence-corrected chi connectivity index (χ2v) is 8.03. The molecule has 34 heavy (non-hydrogen) atoms. The minimum atomic E-state index is -0.658. The van der Waals surface area contributed by atoms with E-state index in [1.807, 2.05) is 29.1 Å². The van der Waals surface area contributed by atoms with Crippen LogP contribution in [0.15, 0.2) is 42.9 Å². The lowest BCUT2D eigenvalue weighted by Crippen LogP contribution is -2.49. The van der Waals surface area contributed by atoms with Gasteiger partial charge in [0.1, 0.15) is 17.6 Å². The summed E-state index contributed by atoms with van der Waals surface area (Å²) in [6.07, 6.45) is 7.31. The Kier molecular flexibility index (Phi) is 5.64. The molecule has 1 aromatic carbocycles. The van der Waals surface area contributed by atoms with Crippen LogP contribution in [-0.4, -0.2) is 53.2 Å². The number of hydrogen-bond donors (Lipinski definition) is 3. The molecule has 0 bridgehead atoms. The van der Waals surface area contributed by atoms with Crippen LogP contribution in [0.2, 0.25) is 0 Å². The van der Waals surface area contributed by atoms with Gasteiger partial charge in [0.25, 0.3) is 5.91 Å². The van der Waals surface area contributed by atoms with Crippen molar-refractivity contribution < 1.29 is 23.8 Å². The number of carbonyl (C=O) groups excluding carboxylic acids is 2. The molecule has 1 aliphatic heterocycles. The second kappa shape index (κ2) is 8.76. The van der Waals surface area contributed by atoms with Gasteiger partial charge >= 0.3 is 0 Å². The molecule has 3 aromatic rings. The van der Waals surface area contributed by atoms with E-state index in [9.17, 15) is 9.59 Å². The van der Waals surface area contributed by atoms with Crippen LogP contribution in [0.3, 0.4) is 0 Å². The summed E-state index contributed by atoms with van der Waals surface area (Å²) in [5, 5.41) is 10.2. The third-order valence-electron chi connectivity index (χ3n) is 6.15. The van der Waals surface area contributed by atoms with Gasteiger partial charge in [0, 0.05) is 36.0 Å². The maximum atomic E-state index is 11.9. The standard InChI is InChI=1S/C23H24N6O5/c1-32-21-15(14-10-27-29(12-14)19-5-6-23(19)33-7-8-34-23)3-2-4-17(21)28-18-9-20(26-13-30)25-11-16(18)22(24)31/h2-4,9-13,19H,5-8H2,1H3,(H2,24,31)(H2,25,26,28,30). The number of hydrogen-bond acceptors (Lipinski definition) is 8. The van der Waals surface area contributed by atoms with Crippen molar-refractivity contribution in [2.75, 3.05) is 31.0 Å². The van der Waals surface area contributed by atoms with Gasteiger partial charge in [-0.2, -0.15) is 5.10 Å². The predicted molar refractivity (Wildman–Crippen MR) is 123 cm³/mol. The molecule has 2 aromatic heterocycles. The second-order valence-electron chi connectivity index (χ2n) is 8.03. The number of ether oxygens (including phenoxy) is 3. The number of amides is 2. The molecule has 176 valence electrons. The first kappa shape index (κ1) is 21.9. The highest BCUT2D eigenvalue weighted by Gasteiger charge is 2.53. The normalized spacial score (nSPS) is 18.3. The number of nitrogens with one attached hydrogen (secondary N) is 2. The Morgan fingerprint density at radius 3 is 2.79 bits per heavy atom. The summed E-state index contributed by atoms with van der Waals surface area (Å²) in [5.41, 5.74) is 8.32. The van der Waals surface area contributed by atoms with E-state index in [-0.39, 0.29) is 17.4 Å². The number of aromatic nitrogens is 3. The highest BCUT2D eigenvalue weighted by Crippen LogP contribution is 2.48. The average Bonchev–Trinajstić information content (AvgIpc) is 3.50. The molecular formula is C23H24N6O5. The number of anilines is 3. The highest BCUT2D eigenvalue weighted by atomic mass is 16.7. The topological polar surface area (TPSA) is 143 Å². The number of nitrogens with two attached hydrogens (primary N) is 1. The monoisotopic (exact) mass is 464 g/mol. The lowest BCUT2D eigenvalue weighted by Gasteiger charge is -2.44. The van der Waals surface area contributed by atoms with Gasteiger partial charge in [0.15, 0.2) is 5.79 Å². The lowest BCUT2D eigenvalue weighted by atomic mass is 9.85. The van der Waals surface area contributed by atoms with Crippen molar-refractivity contribution in [2.24, 2.45) is 5.73 Å². The Morgan fingerprint density at radius 2 is 2.12 bits per heavy atom. The smallest absolute Gasteiger partial charge is 0.252 e. The minimum Gasteiger partial charge on any atom is -0.494 e. The molecular weight excluding hydrogens is 440 g/mol. The minimum absolute atomic E-state index is 0.0229. The number of nitrogens with zero attached hydrogens (tertiary/aromatic N) is 3. The summed E-state index contributed by atoms with van der Waals surface area (Å²) in [5.74, 6) is -0.410. The summed E-state index contributed by atoms with van der Waals surface area (Å²) < 4.78 is 19.3. The van der Waals surface area contributed by atoms with Crippen LogP contribution in [-0.2, 0) is 14.3 Å². The summed E-state index contributed by atoms with van der Waals surface area (Å²) in [4.78, 5) is 26.8. The number of primary amides is 1. The van der Waals surface area contributed by atoms with Gasteiger partial charge in [0.2, 0.25) is 6.41 Å². The van der Waals surface area contributed by atoms with Crippen LogP contribution in [0.25, 0.3) is 11.1 Å². The van der Waals surface area contributed by atoms with Crippen molar-refractivity contribution >= 4 is 29.5 Å². The zero-order valence-corrected chi connectivity index (χ0v) is 18.5. The third kappa shape index (κ3) is 3.74. The molecule has 1 spiro atoms. The van der Waals surface area contributed by atoms with Gasteiger partial charge in [-0.1, -0.05) is 12.1 Å². The first-order valence-corrected chi connectivity index (χ1v) is 10.8. The summed E-state index contributed by atoms with van der Waals surface area (Å²) in [6, 6.07) is 7.14. The third-order valence-corrected chi connectivity index (χ3v) is 6.15. The maximum absolute atomic E-state index is 11.9. The van der Waals surface area contributed by atoms with Crippen LogP contribution in [0.5, 0.6) is 5.75 Å². The Hall–Kier alpha value is -3.96. The molecule has 5 rings (SSSR count). The van der Waals surface area contributed by atoms with E-state index in [1.54, 1.807) is 13.3 Å². The molecule has 1 atom stereocenters. The summed E-state index contributed by atoms with van der Waals surface area (Å²) >= 11 is 0. The molecule has 0 radical (unpaired) electrons.